The molecule has 1 heterocycles. The molecule has 1 amide bonds. The molecule has 0 saturated heterocycles. The minimum atomic E-state index is -0.00333. The lowest BCUT2D eigenvalue weighted by atomic mass is 10.3. The molecular weight excluding hydrogens is 200 g/mol. The van der Waals surface area contributed by atoms with Gasteiger partial charge < -0.3 is 10.6 Å². The fourth-order valence-electron chi connectivity index (χ4n) is 0.955. The summed E-state index contributed by atoms with van der Waals surface area (Å²) >= 11 is 1.21. The first-order valence-electron chi connectivity index (χ1n) is 4.47. The molecule has 0 saturated carbocycles. The van der Waals surface area contributed by atoms with Gasteiger partial charge in [-0.3, -0.25) is 4.79 Å². The van der Waals surface area contributed by atoms with Gasteiger partial charge in [0, 0.05) is 18.0 Å². The van der Waals surface area contributed by atoms with Crippen LogP contribution in [0.2, 0.25) is 0 Å². The maximum Gasteiger partial charge on any atom is 0.226 e. The van der Waals surface area contributed by atoms with Crippen LogP contribution in [0.5, 0.6) is 0 Å². The van der Waals surface area contributed by atoms with Crippen LogP contribution in [0.4, 0.5) is 5.13 Å². The molecule has 0 unspecified atom stereocenters. The lowest BCUT2D eigenvalue weighted by molar-refractivity contribution is -0.116. The fourth-order valence-corrected chi connectivity index (χ4v) is 1.55. The van der Waals surface area contributed by atoms with Crippen molar-refractivity contribution in [3.63, 3.8) is 0 Å². The smallest absolute Gasteiger partial charge is 0.226 e. The first kappa shape index (κ1) is 11.1. The predicted molar refractivity (Wildman–Crippen MR) is 56.4 cm³/mol. The van der Waals surface area contributed by atoms with Crippen LogP contribution in [0, 0.1) is 6.92 Å². The van der Waals surface area contributed by atoms with Crippen molar-refractivity contribution in [1.29, 1.82) is 0 Å². The molecule has 1 aromatic rings. The largest absolute Gasteiger partial charge is 0.320 e. The maximum atomic E-state index is 11.3. The summed E-state index contributed by atoms with van der Waals surface area (Å²) in [6, 6.07) is 0. The Morgan fingerprint density at radius 2 is 2.36 bits per heavy atom. The van der Waals surface area contributed by atoms with E-state index in [0.29, 0.717) is 17.4 Å². The lowest BCUT2D eigenvalue weighted by Crippen LogP contribution is -2.15. The zero-order valence-corrected chi connectivity index (χ0v) is 9.15. The van der Waals surface area contributed by atoms with E-state index in [9.17, 15) is 4.79 Å². The number of amides is 1. The van der Waals surface area contributed by atoms with Crippen molar-refractivity contribution < 1.29 is 4.79 Å². The van der Waals surface area contributed by atoms with Gasteiger partial charge in [0.25, 0.3) is 0 Å². The van der Waals surface area contributed by atoms with Crippen LogP contribution in [-0.2, 0) is 4.79 Å². The molecule has 78 valence electrons. The van der Waals surface area contributed by atoms with Crippen molar-refractivity contribution in [3.05, 3.63) is 5.82 Å². The van der Waals surface area contributed by atoms with Crippen LogP contribution in [0.1, 0.15) is 18.7 Å². The second-order valence-electron chi connectivity index (χ2n) is 2.90. The Labute approximate surface area is 87.1 Å². The minimum absolute atomic E-state index is 0.00333. The minimum Gasteiger partial charge on any atom is -0.320 e. The Bertz CT molecular complexity index is 299. The van der Waals surface area contributed by atoms with Crippen molar-refractivity contribution in [3.8, 4) is 0 Å². The van der Waals surface area contributed by atoms with E-state index in [1.54, 1.807) is 6.92 Å². The number of anilines is 1. The van der Waals surface area contributed by atoms with Gasteiger partial charge in [-0.15, -0.1) is 0 Å². The van der Waals surface area contributed by atoms with Gasteiger partial charge in [-0.2, -0.15) is 4.37 Å². The average molecular weight is 214 g/mol. The molecule has 1 rings (SSSR count). The predicted octanol–water partition coefficient (Wildman–Crippen LogP) is 0.785. The SMILES string of the molecule is CNCCCC(=O)Nc1nc(C)ns1. The summed E-state index contributed by atoms with van der Waals surface area (Å²) in [6.07, 6.45) is 1.35. The highest BCUT2D eigenvalue weighted by Crippen LogP contribution is 2.10. The lowest BCUT2D eigenvalue weighted by Gasteiger charge is -2.00. The van der Waals surface area contributed by atoms with Crippen molar-refractivity contribution in [2.45, 2.75) is 19.8 Å². The van der Waals surface area contributed by atoms with E-state index in [-0.39, 0.29) is 5.91 Å². The van der Waals surface area contributed by atoms with Gasteiger partial charge in [0.15, 0.2) is 0 Å². The van der Waals surface area contributed by atoms with Gasteiger partial charge in [0.2, 0.25) is 11.0 Å². The fraction of sp³-hybridized carbons (Fsp3) is 0.625. The second kappa shape index (κ2) is 5.66. The molecule has 0 radical (unpaired) electrons. The summed E-state index contributed by atoms with van der Waals surface area (Å²) in [5, 5.41) is 6.27. The summed E-state index contributed by atoms with van der Waals surface area (Å²) in [5.41, 5.74) is 0. The Morgan fingerprint density at radius 3 is 2.93 bits per heavy atom. The summed E-state index contributed by atoms with van der Waals surface area (Å²) in [5.74, 6) is 0.692. The van der Waals surface area contributed by atoms with E-state index in [0.717, 1.165) is 13.0 Å². The molecular formula is C8H14N4OS. The van der Waals surface area contributed by atoms with E-state index >= 15 is 0 Å². The molecule has 14 heavy (non-hydrogen) atoms. The zero-order chi connectivity index (χ0) is 10.4. The number of nitrogens with zero attached hydrogens (tertiary/aromatic N) is 2. The van der Waals surface area contributed by atoms with E-state index in [2.05, 4.69) is 20.0 Å². The quantitative estimate of drug-likeness (QED) is 0.711. The van der Waals surface area contributed by atoms with Crippen LogP contribution in [-0.4, -0.2) is 28.9 Å². The average Bonchev–Trinajstić information content (AvgIpc) is 2.52. The zero-order valence-electron chi connectivity index (χ0n) is 8.33. The van der Waals surface area contributed by atoms with Crippen LogP contribution in [0.3, 0.4) is 0 Å². The number of carbonyl (C=O) groups excluding carboxylic acids is 1. The van der Waals surface area contributed by atoms with Crippen LogP contribution in [0.15, 0.2) is 0 Å². The monoisotopic (exact) mass is 214 g/mol. The van der Waals surface area contributed by atoms with E-state index in [1.165, 1.54) is 11.5 Å². The second-order valence-corrected chi connectivity index (χ2v) is 3.65. The standard InChI is InChI=1S/C8H14N4OS/c1-6-10-8(14-12-6)11-7(13)4-3-5-9-2/h9H,3-5H2,1-2H3,(H,10,11,12,13). The van der Waals surface area contributed by atoms with E-state index in [1.807, 2.05) is 7.05 Å². The summed E-state index contributed by atoms with van der Waals surface area (Å²) in [4.78, 5) is 15.3. The third-order valence-electron chi connectivity index (χ3n) is 1.60. The third-order valence-corrected chi connectivity index (χ3v) is 2.33. The van der Waals surface area contributed by atoms with Gasteiger partial charge in [-0.1, -0.05) is 0 Å². The molecule has 1 aromatic heterocycles. The number of hydrogen-bond donors (Lipinski definition) is 2. The molecule has 5 nitrogen and oxygen atoms in total. The Kier molecular flexibility index (Phi) is 4.48. The molecule has 6 heteroatoms. The highest BCUT2D eigenvalue weighted by molar-refractivity contribution is 7.09. The Balaban J connectivity index is 2.27. The van der Waals surface area contributed by atoms with Crippen LogP contribution in [0.25, 0.3) is 0 Å². The molecule has 0 bridgehead atoms. The van der Waals surface area contributed by atoms with E-state index < -0.39 is 0 Å². The van der Waals surface area contributed by atoms with Crippen LogP contribution < -0.4 is 10.6 Å². The molecule has 0 spiro atoms. The molecule has 2 N–H and O–H groups in total. The molecule has 0 fully saturated rings. The van der Waals surface area contributed by atoms with Crippen molar-refractivity contribution in [2.24, 2.45) is 0 Å². The van der Waals surface area contributed by atoms with Gasteiger partial charge in [0.1, 0.15) is 5.82 Å². The summed E-state index contributed by atoms with van der Waals surface area (Å²) in [7, 11) is 1.87. The highest BCUT2D eigenvalue weighted by Gasteiger charge is 2.05. The number of nitrogens with one attached hydrogen (secondary N) is 2. The maximum absolute atomic E-state index is 11.3. The van der Waals surface area contributed by atoms with Crippen molar-refractivity contribution in [2.75, 3.05) is 18.9 Å². The van der Waals surface area contributed by atoms with Gasteiger partial charge in [0.05, 0.1) is 0 Å². The molecule has 0 aromatic carbocycles. The molecule has 0 atom stereocenters. The third kappa shape index (κ3) is 3.80. The normalized spacial score (nSPS) is 10.1. The van der Waals surface area contributed by atoms with Gasteiger partial charge in [-0.05, 0) is 26.9 Å². The number of rotatable bonds is 5. The number of carbonyl (C=O) groups is 1. The highest BCUT2D eigenvalue weighted by atomic mass is 32.1. The van der Waals surface area contributed by atoms with Crippen LogP contribution >= 0.6 is 11.5 Å². The number of aryl methyl sites for hydroxylation is 1. The Morgan fingerprint density at radius 1 is 1.57 bits per heavy atom. The molecule has 0 aliphatic carbocycles. The number of aromatic nitrogens is 2. The van der Waals surface area contributed by atoms with Gasteiger partial charge in [-0.25, -0.2) is 4.98 Å². The van der Waals surface area contributed by atoms with Gasteiger partial charge >= 0.3 is 0 Å². The molecule has 0 aliphatic rings. The summed E-state index contributed by atoms with van der Waals surface area (Å²) in [6.45, 7) is 2.65. The topological polar surface area (TPSA) is 66.9 Å². The summed E-state index contributed by atoms with van der Waals surface area (Å²) < 4.78 is 3.97. The van der Waals surface area contributed by atoms with Crippen molar-refractivity contribution in [1.82, 2.24) is 14.7 Å². The first-order chi connectivity index (χ1) is 6.72. The Hall–Kier alpha value is -1.01. The number of hydrogen-bond acceptors (Lipinski definition) is 5. The first-order valence-corrected chi connectivity index (χ1v) is 5.24. The molecule has 0 aliphatic heterocycles. The van der Waals surface area contributed by atoms with E-state index in [4.69, 9.17) is 0 Å². The van der Waals surface area contributed by atoms with Crippen molar-refractivity contribution >= 4 is 22.6 Å².